The molecular weight excluding hydrogens is 322 g/mol. The van der Waals surface area contributed by atoms with Gasteiger partial charge < -0.3 is 15.2 Å². The highest BCUT2D eigenvalue weighted by Crippen LogP contribution is 2.32. The monoisotopic (exact) mass is 345 g/mol. The van der Waals surface area contributed by atoms with Gasteiger partial charge in [0, 0.05) is 28.3 Å². The average molecular weight is 345 g/mol. The van der Waals surface area contributed by atoms with Crippen molar-refractivity contribution in [3.8, 4) is 0 Å². The number of urea groups is 1. The Kier molecular flexibility index (Phi) is 4.80. The van der Waals surface area contributed by atoms with Gasteiger partial charge in [-0.1, -0.05) is 20.8 Å². The van der Waals surface area contributed by atoms with Crippen LogP contribution in [0.3, 0.4) is 0 Å². The van der Waals surface area contributed by atoms with E-state index < -0.39 is 0 Å². The van der Waals surface area contributed by atoms with Crippen LogP contribution in [0.5, 0.6) is 0 Å². The lowest BCUT2D eigenvalue weighted by atomic mass is 10.3. The molecule has 0 spiro atoms. The maximum Gasteiger partial charge on any atom is 0.319 e. The topological polar surface area (TPSA) is 71.8 Å². The normalized spacial score (nSPS) is 13.6. The highest BCUT2D eigenvalue weighted by molar-refractivity contribution is 8.00. The molecular formula is C17H23N5OS. The molecule has 1 aromatic carbocycles. The minimum absolute atomic E-state index is 0.171. The van der Waals surface area contributed by atoms with Crippen LogP contribution in [0.1, 0.15) is 38.8 Å². The van der Waals surface area contributed by atoms with E-state index in [0.29, 0.717) is 6.54 Å². The highest BCUT2D eigenvalue weighted by Gasteiger charge is 2.17. The smallest absolute Gasteiger partial charge is 0.319 e. The second kappa shape index (κ2) is 6.84. The van der Waals surface area contributed by atoms with Gasteiger partial charge in [0.05, 0.1) is 6.54 Å². The molecule has 2 N–H and O–H groups in total. The van der Waals surface area contributed by atoms with E-state index in [1.165, 1.54) is 4.90 Å². The fourth-order valence-electron chi connectivity index (χ4n) is 2.64. The molecule has 128 valence electrons. The van der Waals surface area contributed by atoms with Crippen molar-refractivity contribution in [2.75, 3.05) is 5.32 Å². The number of aryl methyl sites for hydroxylation is 1. The summed E-state index contributed by atoms with van der Waals surface area (Å²) in [6.07, 6.45) is 2.07. The molecule has 0 saturated heterocycles. The molecule has 0 unspecified atom stereocenters. The molecule has 0 atom stereocenters. The molecule has 1 aliphatic heterocycles. The van der Waals surface area contributed by atoms with Crippen LogP contribution in [0, 0.1) is 0 Å². The van der Waals surface area contributed by atoms with Gasteiger partial charge in [0.25, 0.3) is 0 Å². The number of aromatic nitrogens is 3. The largest absolute Gasteiger partial charge is 0.331 e. The van der Waals surface area contributed by atoms with E-state index in [2.05, 4.69) is 46.2 Å². The molecule has 2 aromatic rings. The minimum Gasteiger partial charge on any atom is -0.331 e. The van der Waals surface area contributed by atoms with Crippen LogP contribution in [0.2, 0.25) is 0 Å². The van der Waals surface area contributed by atoms with Gasteiger partial charge in [-0.15, -0.1) is 22.0 Å². The lowest BCUT2D eigenvalue weighted by Gasteiger charge is -2.17. The first kappa shape index (κ1) is 16.8. The average Bonchev–Trinajstić information content (AvgIpc) is 3.09. The third-order valence-corrected chi connectivity index (χ3v) is 4.75. The minimum atomic E-state index is -0.235. The highest BCUT2D eigenvalue weighted by atomic mass is 32.2. The summed E-state index contributed by atoms with van der Waals surface area (Å²) in [6, 6.07) is 7.65. The first-order valence-electron chi connectivity index (χ1n) is 8.16. The summed E-state index contributed by atoms with van der Waals surface area (Å²) >= 11 is 1.80. The number of benzene rings is 1. The molecule has 0 fully saturated rings. The molecule has 1 aliphatic rings. The Labute approximate surface area is 146 Å². The SMILES string of the molecule is CC(C)(C)Sc1ccc(NC(=O)NCc2nnc3n2CCC3)cc1. The van der Waals surface area contributed by atoms with Gasteiger partial charge in [-0.25, -0.2) is 4.79 Å². The van der Waals surface area contributed by atoms with E-state index in [9.17, 15) is 4.79 Å². The quantitative estimate of drug-likeness (QED) is 0.833. The lowest BCUT2D eigenvalue weighted by Crippen LogP contribution is -2.29. The van der Waals surface area contributed by atoms with E-state index in [1.54, 1.807) is 11.8 Å². The van der Waals surface area contributed by atoms with Crippen LogP contribution in [-0.2, 0) is 19.5 Å². The molecule has 0 saturated carbocycles. The molecule has 3 rings (SSSR count). The van der Waals surface area contributed by atoms with Crippen molar-refractivity contribution in [3.05, 3.63) is 35.9 Å². The Balaban J connectivity index is 1.51. The standard InChI is InChI=1S/C17H23N5OS/c1-17(2,3)24-13-8-6-12(7-9-13)19-16(23)18-11-15-21-20-14-5-4-10-22(14)15/h6-9H,4-5,10-11H2,1-3H3,(H2,18,19,23). The summed E-state index contributed by atoms with van der Waals surface area (Å²) < 4.78 is 2.25. The number of nitrogens with zero attached hydrogens (tertiary/aromatic N) is 3. The number of hydrogen-bond acceptors (Lipinski definition) is 4. The van der Waals surface area contributed by atoms with Crippen molar-refractivity contribution in [1.29, 1.82) is 0 Å². The molecule has 0 bridgehead atoms. The van der Waals surface area contributed by atoms with Gasteiger partial charge in [-0.2, -0.15) is 0 Å². The Morgan fingerprint density at radius 1 is 1.25 bits per heavy atom. The molecule has 0 radical (unpaired) electrons. The van der Waals surface area contributed by atoms with Crippen molar-refractivity contribution in [3.63, 3.8) is 0 Å². The third-order valence-electron chi connectivity index (χ3n) is 3.63. The number of nitrogens with one attached hydrogen (secondary N) is 2. The summed E-state index contributed by atoms with van der Waals surface area (Å²) in [5.41, 5.74) is 0.775. The van der Waals surface area contributed by atoms with Crippen molar-refractivity contribution in [2.24, 2.45) is 0 Å². The van der Waals surface area contributed by atoms with Gasteiger partial charge in [0.15, 0.2) is 5.82 Å². The second-order valence-electron chi connectivity index (χ2n) is 6.83. The maximum atomic E-state index is 12.0. The number of amides is 2. The molecule has 2 heterocycles. The third kappa shape index (κ3) is 4.29. The number of thioether (sulfide) groups is 1. The Morgan fingerprint density at radius 2 is 2.00 bits per heavy atom. The fourth-order valence-corrected chi connectivity index (χ4v) is 3.62. The van der Waals surface area contributed by atoms with Gasteiger partial charge in [-0.3, -0.25) is 0 Å². The van der Waals surface area contributed by atoms with E-state index in [4.69, 9.17) is 0 Å². The van der Waals surface area contributed by atoms with Gasteiger partial charge in [-0.05, 0) is 30.7 Å². The number of rotatable bonds is 4. The predicted molar refractivity (Wildman–Crippen MR) is 96.3 cm³/mol. The van der Waals surface area contributed by atoms with Crippen molar-refractivity contribution in [1.82, 2.24) is 20.1 Å². The molecule has 1 aromatic heterocycles. The number of carbonyl (C=O) groups excluding carboxylic acids is 1. The zero-order valence-electron chi connectivity index (χ0n) is 14.3. The lowest BCUT2D eigenvalue weighted by molar-refractivity contribution is 0.251. The van der Waals surface area contributed by atoms with Gasteiger partial charge >= 0.3 is 6.03 Å². The van der Waals surface area contributed by atoms with Gasteiger partial charge in [0.2, 0.25) is 0 Å². The number of fused-ring (bicyclic) bond motifs is 1. The molecule has 0 aliphatic carbocycles. The summed E-state index contributed by atoms with van der Waals surface area (Å²) in [7, 11) is 0. The maximum absolute atomic E-state index is 12.0. The summed E-state index contributed by atoms with van der Waals surface area (Å²) in [5, 5.41) is 13.9. The van der Waals surface area contributed by atoms with E-state index in [-0.39, 0.29) is 10.8 Å². The summed E-state index contributed by atoms with van der Waals surface area (Å²) in [6.45, 7) is 7.86. The molecule has 6 nitrogen and oxygen atoms in total. The van der Waals surface area contributed by atoms with Gasteiger partial charge in [0.1, 0.15) is 5.82 Å². The summed E-state index contributed by atoms with van der Waals surface area (Å²) in [4.78, 5) is 13.2. The van der Waals surface area contributed by atoms with Crippen molar-refractivity contribution in [2.45, 2.75) is 56.3 Å². The fraction of sp³-hybridized carbons (Fsp3) is 0.471. The second-order valence-corrected chi connectivity index (χ2v) is 8.73. The van der Waals surface area contributed by atoms with Crippen LogP contribution in [0.15, 0.2) is 29.2 Å². The molecule has 24 heavy (non-hydrogen) atoms. The van der Waals surface area contributed by atoms with Crippen LogP contribution in [0.4, 0.5) is 10.5 Å². The number of carbonyl (C=O) groups is 1. The van der Waals surface area contributed by atoms with Crippen molar-refractivity contribution < 1.29 is 4.79 Å². The van der Waals surface area contributed by atoms with Crippen LogP contribution >= 0.6 is 11.8 Å². The number of anilines is 1. The van der Waals surface area contributed by atoms with E-state index >= 15 is 0 Å². The van der Waals surface area contributed by atoms with E-state index in [1.807, 2.05) is 24.3 Å². The Morgan fingerprint density at radius 3 is 2.71 bits per heavy atom. The zero-order chi connectivity index (χ0) is 17.2. The van der Waals surface area contributed by atoms with Crippen molar-refractivity contribution >= 4 is 23.5 Å². The predicted octanol–water partition coefficient (Wildman–Crippen LogP) is 3.44. The first-order valence-corrected chi connectivity index (χ1v) is 8.97. The van der Waals surface area contributed by atoms with Crippen LogP contribution in [-0.4, -0.2) is 25.5 Å². The first-order chi connectivity index (χ1) is 11.4. The molecule has 2 amide bonds. The Hall–Kier alpha value is -2.02. The van der Waals surface area contributed by atoms with Crippen LogP contribution < -0.4 is 10.6 Å². The number of hydrogen-bond donors (Lipinski definition) is 2. The van der Waals surface area contributed by atoms with E-state index in [0.717, 1.165) is 36.7 Å². The molecule has 7 heteroatoms. The zero-order valence-corrected chi connectivity index (χ0v) is 15.1. The summed E-state index contributed by atoms with van der Waals surface area (Å²) in [5.74, 6) is 1.83. The van der Waals surface area contributed by atoms with Crippen LogP contribution in [0.25, 0.3) is 0 Å². The Bertz CT molecular complexity index is 718.